The number of benzene rings is 1. The average Bonchev–Trinajstić information content (AvgIpc) is 2.97. The van der Waals surface area contributed by atoms with Gasteiger partial charge in [-0.15, -0.1) is 0 Å². The fourth-order valence-electron chi connectivity index (χ4n) is 3.81. The molecule has 0 unspecified atom stereocenters. The zero-order chi connectivity index (χ0) is 21.6. The maximum Gasteiger partial charge on any atom is 0.222 e. The van der Waals surface area contributed by atoms with E-state index in [-0.39, 0.29) is 0 Å². The molecule has 168 valence electrons. The maximum absolute atomic E-state index is 12.1. The number of carbonyl (C=O) groups is 1. The monoisotopic (exact) mass is 415 g/mol. The van der Waals surface area contributed by atoms with Crippen molar-refractivity contribution in [1.82, 2.24) is 20.4 Å². The van der Waals surface area contributed by atoms with Crippen LogP contribution in [0, 0.1) is 0 Å². The van der Waals surface area contributed by atoms with Gasteiger partial charge in [-0.1, -0.05) is 44.5 Å². The number of hydrogen-bond donors (Lipinski definition) is 2. The lowest BCUT2D eigenvalue weighted by molar-refractivity contribution is -0.130. The molecule has 1 aromatic rings. The Bertz CT molecular complexity index is 657. The van der Waals surface area contributed by atoms with Crippen molar-refractivity contribution in [3.63, 3.8) is 0 Å². The second-order valence-electron chi connectivity index (χ2n) is 7.90. The quantitative estimate of drug-likeness (QED) is 0.330. The first kappa shape index (κ1) is 24.2. The third-order valence-electron chi connectivity index (χ3n) is 5.73. The molecular formula is C24H41N5O. The van der Waals surface area contributed by atoms with Gasteiger partial charge in [-0.2, -0.15) is 0 Å². The van der Waals surface area contributed by atoms with E-state index in [2.05, 4.69) is 60.6 Å². The van der Waals surface area contributed by atoms with Gasteiger partial charge >= 0.3 is 0 Å². The van der Waals surface area contributed by atoms with Crippen LogP contribution in [0.3, 0.4) is 0 Å². The Morgan fingerprint density at radius 2 is 1.83 bits per heavy atom. The minimum Gasteiger partial charge on any atom is -0.357 e. The van der Waals surface area contributed by atoms with Crippen LogP contribution >= 0.6 is 0 Å². The molecule has 1 aliphatic rings. The Hall–Kier alpha value is -2.08. The van der Waals surface area contributed by atoms with Crippen LogP contribution in [0.2, 0.25) is 0 Å². The second-order valence-corrected chi connectivity index (χ2v) is 7.90. The highest BCUT2D eigenvalue weighted by Crippen LogP contribution is 2.13. The van der Waals surface area contributed by atoms with Gasteiger partial charge in [-0.3, -0.25) is 9.69 Å². The van der Waals surface area contributed by atoms with Gasteiger partial charge in [0.15, 0.2) is 5.96 Å². The van der Waals surface area contributed by atoms with Gasteiger partial charge in [-0.25, -0.2) is 4.99 Å². The lowest BCUT2D eigenvalue weighted by Crippen LogP contribution is -2.39. The van der Waals surface area contributed by atoms with Crippen LogP contribution in [0.5, 0.6) is 0 Å². The van der Waals surface area contributed by atoms with Gasteiger partial charge in [-0.05, 0) is 50.4 Å². The molecule has 1 fully saturated rings. The van der Waals surface area contributed by atoms with Crippen molar-refractivity contribution in [2.45, 2.75) is 66.0 Å². The molecule has 1 heterocycles. The van der Waals surface area contributed by atoms with Crippen molar-refractivity contribution in [3.05, 3.63) is 35.4 Å². The van der Waals surface area contributed by atoms with Crippen molar-refractivity contribution in [2.24, 2.45) is 4.99 Å². The van der Waals surface area contributed by atoms with Gasteiger partial charge < -0.3 is 15.5 Å². The van der Waals surface area contributed by atoms with Gasteiger partial charge in [0, 0.05) is 39.1 Å². The Balaban J connectivity index is 1.87. The van der Waals surface area contributed by atoms with E-state index in [4.69, 9.17) is 4.99 Å². The predicted octanol–water partition coefficient (Wildman–Crippen LogP) is 3.38. The molecule has 0 atom stereocenters. The number of nitrogens with zero attached hydrogens (tertiary/aromatic N) is 3. The summed E-state index contributed by atoms with van der Waals surface area (Å²) in [4.78, 5) is 21.4. The summed E-state index contributed by atoms with van der Waals surface area (Å²) in [6, 6.07) is 8.59. The number of aliphatic imine (C=N–C) groups is 1. The van der Waals surface area contributed by atoms with Gasteiger partial charge in [0.05, 0.1) is 6.54 Å². The Morgan fingerprint density at radius 3 is 2.57 bits per heavy atom. The Labute approximate surface area is 183 Å². The van der Waals surface area contributed by atoms with Crippen LogP contribution < -0.4 is 10.6 Å². The number of amides is 1. The third kappa shape index (κ3) is 8.34. The third-order valence-corrected chi connectivity index (χ3v) is 5.73. The Morgan fingerprint density at radius 1 is 1.07 bits per heavy atom. The molecule has 1 saturated heterocycles. The molecule has 6 nitrogen and oxygen atoms in total. The molecular weight excluding hydrogens is 374 g/mol. The molecule has 1 aromatic carbocycles. The number of likely N-dealkylation sites (tertiary alicyclic amines) is 1. The highest BCUT2D eigenvalue weighted by Gasteiger charge is 2.15. The number of rotatable bonds is 11. The molecule has 1 aliphatic heterocycles. The molecule has 0 bridgehead atoms. The summed E-state index contributed by atoms with van der Waals surface area (Å²) in [6.45, 7) is 13.6. The number of nitrogens with one attached hydrogen (secondary N) is 2. The van der Waals surface area contributed by atoms with Crippen molar-refractivity contribution in [2.75, 3.05) is 39.3 Å². The number of guanidine groups is 1. The molecule has 0 radical (unpaired) electrons. The lowest BCUT2D eigenvalue weighted by atomic mass is 10.1. The van der Waals surface area contributed by atoms with E-state index in [9.17, 15) is 4.79 Å². The largest absolute Gasteiger partial charge is 0.357 e. The SMILES string of the molecule is CCNC(=NCc1ccccc1CN(CC)CC)NCCCN1CCCCCC1=O. The van der Waals surface area contributed by atoms with E-state index in [1.54, 1.807) is 0 Å². The molecule has 0 aromatic heterocycles. The van der Waals surface area contributed by atoms with Crippen LogP contribution in [-0.2, 0) is 17.9 Å². The highest BCUT2D eigenvalue weighted by atomic mass is 16.2. The summed E-state index contributed by atoms with van der Waals surface area (Å²) in [6.07, 6.45) is 5.00. The molecule has 6 heteroatoms. The predicted molar refractivity (Wildman–Crippen MR) is 126 cm³/mol. The van der Waals surface area contributed by atoms with Crippen molar-refractivity contribution < 1.29 is 4.79 Å². The molecule has 2 N–H and O–H groups in total. The van der Waals surface area contributed by atoms with Crippen LogP contribution in [0.25, 0.3) is 0 Å². The first-order valence-corrected chi connectivity index (χ1v) is 11.8. The van der Waals surface area contributed by atoms with Gasteiger partial charge in [0.2, 0.25) is 5.91 Å². The molecule has 30 heavy (non-hydrogen) atoms. The molecule has 2 rings (SSSR count). The standard InChI is InChI=1S/C24H41N5O/c1-4-25-24(26-16-12-18-29-17-11-7-8-15-23(29)30)27-19-21-13-9-10-14-22(21)20-28(5-2)6-3/h9-10,13-14H,4-8,11-12,15-20H2,1-3H3,(H2,25,26,27). The fourth-order valence-corrected chi connectivity index (χ4v) is 3.81. The topological polar surface area (TPSA) is 60.0 Å². The molecule has 0 saturated carbocycles. The molecule has 0 aliphatic carbocycles. The lowest BCUT2D eigenvalue weighted by Gasteiger charge is -2.21. The van der Waals surface area contributed by atoms with E-state index >= 15 is 0 Å². The number of hydrogen-bond acceptors (Lipinski definition) is 3. The minimum atomic E-state index is 0.317. The normalized spacial score (nSPS) is 15.4. The van der Waals surface area contributed by atoms with Crippen LogP contribution in [0.4, 0.5) is 0 Å². The summed E-state index contributed by atoms with van der Waals surface area (Å²) < 4.78 is 0. The minimum absolute atomic E-state index is 0.317. The summed E-state index contributed by atoms with van der Waals surface area (Å²) in [5.74, 6) is 1.16. The van der Waals surface area contributed by atoms with E-state index in [1.165, 1.54) is 17.5 Å². The first-order chi connectivity index (χ1) is 14.7. The maximum atomic E-state index is 12.1. The highest BCUT2D eigenvalue weighted by molar-refractivity contribution is 5.79. The first-order valence-electron chi connectivity index (χ1n) is 11.8. The number of carbonyl (C=O) groups excluding carboxylic acids is 1. The summed E-state index contributed by atoms with van der Waals surface area (Å²) in [5, 5.41) is 6.77. The summed E-state index contributed by atoms with van der Waals surface area (Å²) in [5.41, 5.74) is 2.62. The average molecular weight is 416 g/mol. The van der Waals surface area contributed by atoms with Crippen molar-refractivity contribution in [1.29, 1.82) is 0 Å². The van der Waals surface area contributed by atoms with E-state index in [0.717, 1.165) is 71.0 Å². The second kappa shape index (κ2) is 14.0. The van der Waals surface area contributed by atoms with Crippen LogP contribution in [0.15, 0.2) is 29.3 Å². The fraction of sp³-hybridized carbons (Fsp3) is 0.667. The van der Waals surface area contributed by atoms with Crippen molar-refractivity contribution in [3.8, 4) is 0 Å². The van der Waals surface area contributed by atoms with Crippen molar-refractivity contribution >= 4 is 11.9 Å². The van der Waals surface area contributed by atoms with Crippen LogP contribution in [-0.4, -0.2) is 60.9 Å². The van der Waals surface area contributed by atoms with E-state index < -0.39 is 0 Å². The van der Waals surface area contributed by atoms with Crippen LogP contribution in [0.1, 0.15) is 64.0 Å². The molecule has 0 spiro atoms. The zero-order valence-electron chi connectivity index (χ0n) is 19.3. The van der Waals surface area contributed by atoms with Gasteiger partial charge in [0.1, 0.15) is 0 Å². The van der Waals surface area contributed by atoms with E-state index in [1.807, 2.05) is 4.90 Å². The summed E-state index contributed by atoms with van der Waals surface area (Å²) >= 11 is 0. The smallest absolute Gasteiger partial charge is 0.222 e. The molecule has 1 amide bonds. The van der Waals surface area contributed by atoms with E-state index in [0.29, 0.717) is 18.9 Å². The Kier molecular flexibility index (Phi) is 11.3. The van der Waals surface area contributed by atoms with Gasteiger partial charge in [0.25, 0.3) is 0 Å². The summed E-state index contributed by atoms with van der Waals surface area (Å²) in [7, 11) is 0. The zero-order valence-corrected chi connectivity index (χ0v) is 19.3.